The summed E-state index contributed by atoms with van der Waals surface area (Å²) in [5.74, 6) is 0.504. The quantitative estimate of drug-likeness (QED) is 0.854. The number of aryl methyl sites for hydroxylation is 2. The van der Waals surface area contributed by atoms with Gasteiger partial charge in [-0.15, -0.1) is 0 Å². The van der Waals surface area contributed by atoms with E-state index in [4.69, 9.17) is 9.26 Å². The highest BCUT2D eigenvalue weighted by Crippen LogP contribution is 2.25. The number of methoxy groups -OCH3 is 1. The molecule has 116 valence electrons. The van der Waals surface area contributed by atoms with Crippen LogP contribution in [0.3, 0.4) is 0 Å². The molecule has 0 radical (unpaired) electrons. The van der Waals surface area contributed by atoms with Gasteiger partial charge >= 0.3 is 5.97 Å². The highest BCUT2D eigenvalue weighted by Gasteiger charge is 2.27. The van der Waals surface area contributed by atoms with Crippen LogP contribution in [0.5, 0.6) is 0 Å². The van der Waals surface area contributed by atoms with Crippen LogP contribution in [0, 0.1) is 19.8 Å². The van der Waals surface area contributed by atoms with Crippen LogP contribution in [-0.4, -0.2) is 30.2 Å². The number of esters is 1. The van der Waals surface area contributed by atoms with Crippen LogP contribution in [0.2, 0.25) is 0 Å². The van der Waals surface area contributed by atoms with E-state index in [9.17, 15) is 9.59 Å². The van der Waals surface area contributed by atoms with E-state index < -0.39 is 0 Å². The van der Waals surface area contributed by atoms with Crippen LogP contribution in [0.25, 0.3) is 0 Å². The summed E-state index contributed by atoms with van der Waals surface area (Å²) in [6, 6.07) is 0.138. The van der Waals surface area contributed by atoms with Gasteiger partial charge in [-0.25, -0.2) is 0 Å². The summed E-state index contributed by atoms with van der Waals surface area (Å²) in [7, 11) is 1.42. The Hall–Kier alpha value is -1.85. The Bertz CT molecular complexity index is 496. The van der Waals surface area contributed by atoms with Crippen molar-refractivity contribution in [2.45, 2.75) is 52.0 Å². The van der Waals surface area contributed by atoms with Gasteiger partial charge in [0.1, 0.15) is 5.76 Å². The molecule has 6 heteroatoms. The molecule has 1 aliphatic rings. The second-order valence-corrected chi connectivity index (χ2v) is 5.62. The first-order chi connectivity index (χ1) is 10.0. The Morgan fingerprint density at radius 3 is 2.48 bits per heavy atom. The fourth-order valence-electron chi connectivity index (χ4n) is 2.83. The first-order valence-electron chi connectivity index (χ1n) is 7.30. The number of aromatic nitrogens is 1. The Kier molecular flexibility index (Phi) is 4.98. The molecule has 1 aliphatic carbocycles. The van der Waals surface area contributed by atoms with Crippen LogP contribution >= 0.6 is 0 Å². The zero-order valence-corrected chi connectivity index (χ0v) is 12.8. The normalized spacial score (nSPS) is 21.9. The van der Waals surface area contributed by atoms with Crippen molar-refractivity contribution in [1.29, 1.82) is 0 Å². The third-order valence-corrected chi connectivity index (χ3v) is 4.15. The number of carbonyl (C=O) groups is 2. The van der Waals surface area contributed by atoms with Gasteiger partial charge in [-0.1, -0.05) is 5.16 Å². The minimum absolute atomic E-state index is 0.0223. The molecular formula is C15H22N2O4. The fraction of sp³-hybridized carbons (Fsp3) is 0.667. The minimum Gasteiger partial charge on any atom is -0.469 e. The van der Waals surface area contributed by atoms with Crippen molar-refractivity contribution >= 4 is 11.9 Å². The largest absolute Gasteiger partial charge is 0.469 e. The highest BCUT2D eigenvalue weighted by molar-refractivity contribution is 5.79. The summed E-state index contributed by atoms with van der Waals surface area (Å²) in [5.41, 5.74) is 1.62. The summed E-state index contributed by atoms with van der Waals surface area (Å²) in [6.45, 7) is 3.64. The standard InChI is InChI=1S/C15H22N2O4/c1-9-13(10(2)21-17-9)8-14(18)16-12-6-4-11(5-7-12)15(19)20-3/h11-12H,4-8H2,1-3H3,(H,16,18). The number of amides is 1. The summed E-state index contributed by atoms with van der Waals surface area (Å²) < 4.78 is 9.82. The topological polar surface area (TPSA) is 81.4 Å². The SMILES string of the molecule is COC(=O)C1CCC(NC(=O)Cc2c(C)noc2C)CC1. The maximum absolute atomic E-state index is 12.1. The van der Waals surface area contributed by atoms with E-state index in [1.807, 2.05) is 13.8 Å². The van der Waals surface area contributed by atoms with E-state index in [1.165, 1.54) is 7.11 Å². The van der Waals surface area contributed by atoms with E-state index >= 15 is 0 Å². The summed E-state index contributed by atoms with van der Waals surface area (Å²) in [5, 5.41) is 6.88. The minimum atomic E-state index is -0.143. The van der Waals surface area contributed by atoms with Gasteiger partial charge in [0.15, 0.2) is 0 Å². The third-order valence-electron chi connectivity index (χ3n) is 4.15. The average Bonchev–Trinajstić information content (AvgIpc) is 2.79. The van der Waals surface area contributed by atoms with E-state index in [1.54, 1.807) is 0 Å². The Labute approximate surface area is 124 Å². The molecule has 1 fully saturated rings. The second kappa shape index (κ2) is 6.74. The molecule has 1 aromatic rings. The van der Waals surface area contributed by atoms with Gasteiger partial charge < -0.3 is 14.6 Å². The van der Waals surface area contributed by atoms with Gasteiger partial charge in [-0.3, -0.25) is 9.59 Å². The monoisotopic (exact) mass is 294 g/mol. The van der Waals surface area contributed by atoms with Crippen LogP contribution in [0.15, 0.2) is 4.52 Å². The first-order valence-corrected chi connectivity index (χ1v) is 7.30. The molecule has 6 nitrogen and oxygen atoms in total. The van der Waals surface area contributed by atoms with Crippen LogP contribution < -0.4 is 5.32 Å². The van der Waals surface area contributed by atoms with Crippen LogP contribution in [-0.2, 0) is 20.7 Å². The van der Waals surface area contributed by atoms with Crippen molar-refractivity contribution in [1.82, 2.24) is 10.5 Å². The molecule has 21 heavy (non-hydrogen) atoms. The molecule has 1 aromatic heterocycles. The molecule has 1 saturated carbocycles. The molecule has 0 aromatic carbocycles. The highest BCUT2D eigenvalue weighted by atomic mass is 16.5. The summed E-state index contributed by atoms with van der Waals surface area (Å²) in [4.78, 5) is 23.5. The number of carbonyl (C=O) groups excluding carboxylic acids is 2. The number of hydrogen-bond acceptors (Lipinski definition) is 5. The predicted octanol–water partition coefficient (Wildman–Crippen LogP) is 1.68. The second-order valence-electron chi connectivity index (χ2n) is 5.62. The lowest BCUT2D eigenvalue weighted by Gasteiger charge is -2.27. The number of hydrogen-bond donors (Lipinski definition) is 1. The molecule has 0 aliphatic heterocycles. The first kappa shape index (κ1) is 15.5. The molecule has 1 heterocycles. The lowest BCUT2D eigenvalue weighted by molar-refractivity contribution is -0.146. The van der Waals surface area contributed by atoms with Crippen LogP contribution in [0.1, 0.15) is 42.7 Å². The molecule has 0 bridgehead atoms. The van der Waals surface area contributed by atoms with Gasteiger partial charge in [-0.05, 0) is 39.5 Å². The Balaban J connectivity index is 1.81. The van der Waals surface area contributed by atoms with E-state index in [0.717, 1.165) is 36.9 Å². The van der Waals surface area contributed by atoms with Crippen LogP contribution in [0.4, 0.5) is 0 Å². The van der Waals surface area contributed by atoms with Crippen molar-refractivity contribution in [3.63, 3.8) is 0 Å². The molecule has 0 spiro atoms. The van der Waals surface area contributed by atoms with Crippen molar-refractivity contribution in [3.8, 4) is 0 Å². The molecule has 0 atom stereocenters. The smallest absolute Gasteiger partial charge is 0.308 e. The maximum Gasteiger partial charge on any atom is 0.308 e. The van der Waals surface area contributed by atoms with Gasteiger partial charge in [0.25, 0.3) is 0 Å². The fourth-order valence-corrected chi connectivity index (χ4v) is 2.83. The summed E-state index contributed by atoms with van der Waals surface area (Å²) >= 11 is 0. The average molecular weight is 294 g/mol. The molecule has 1 amide bonds. The van der Waals surface area contributed by atoms with Crippen molar-refractivity contribution in [2.24, 2.45) is 5.92 Å². The van der Waals surface area contributed by atoms with Gasteiger partial charge in [0, 0.05) is 11.6 Å². The van der Waals surface area contributed by atoms with Gasteiger partial charge in [0.05, 0.1) is 25.1 Å². The van der Waals surface area contributed by atoms with Crippen molar-refractivity contribution in [3.05, 3.63) is 17.0 Å². The molecule has 1 N–H and O–H groups in total. The lowest BCUT2D eigenvalue weighted by Crippen LogP contribution is -2.39. The lowest BCUT2D eigenvalue weighted by atomic mass is 9.86. The molecular weight excluding hydrogens is 272 g/mol. The third kappa shape index (κ3) is 3.83. The van der Waals surface area contributed by atoms with Gasteiger partial charge in [-0.2, -0.15) is 0 Å². The number of nitrogens with one attached hydrogen (secondary N) is 1. The van der Waals surface area contributed by atoms with Gasteiger partial charge in [0.2, 0.25) is 5.91 Å². The molecule has 2 rings (SSSR count). The van der Waals surface area contributed by atoms with E-state index in [0.29, 0.717) is 5.76 Å². The molecule has 0 unspecified atom stereocenters. The van der Waals surface area contributed by atoms with Crippen molar-refractivity contribution < 1.29 is 18.8 Å². The molecule has 0 saturated heterocycles. The van der Waals surface area contributed by atoms with E-state index in [2.05, 4.69) is 10.5 Å². The maximum atomic E-state index is 12.1. The number of nitrogens with zero attached hydrogens (tertiary/aromatic N) is 1. The summed E-state index contributed by atoms with van der Waals surface area (Å²) in [6.07, 6.45) is 3.45. The van der Waals surface area contributed by atoms with E-state index in [-0.39, 0.29) is 30.3 Å². The number of rotatable bonds is 4. The Morgan fingerprint density at radius 2 is 1.95 bits per heavy atom. The number of ether oxygens (including phenoxy) is 1. The zero-order valence-electron chi connectivity index (χ0n) is 12.8. The predicted molar refractivity (Wildman–Crippen MR) is 75.6 cm³/mol. The Morgan fingerprint density at radius 1 is 1.29 bits per heavy atom. The zero-order chi connectivity index (χ0) is 15.4. The van der Waals surface area contributed by atoms with Crippen molar-refractivity contribution in [2.75, 3.05) is 7.11 Å².